The molecule has 0 fully saturated rings. The minimum Gasteiger partial charge on any atom is -0.493 e. The van der Waals surface area contributed by atoms with Gasteiger partial charge in [0.15, 0.2) is 23.0 Å². The van der Waals surface area contributed by atoms with Crippen molar-refractivity contribution in [2.45, 2.75) is 0 Å². The van der Waals surface area contributed by atoms with Gasteiger partial charge in [0.25, 0.3) is 11.8 Å². The van der Waals surface area contributed by atoms with Crippen LogP contribution in [0.3, 0.4) is 0 Å². The molecule has 0 atom stereocenters. The Balaban J connectivity index is 0.00000103. The van der Waals surface area contributed by atoms with E-state index in [-0.39, 0.29) is 11.8 Å². The van der Waals surface area contributed by atoms with Crippen molar-refractivity contribution in [1.82, 2.24) is 20.8 Å². The zero-order valence-corrected chi connectivity index (χ0v) is 33.5. The summed E-state index contributed by atoms with van der Waals surface area (Å²) in [6.45, 7) is 1.24. The van der Waals surface area contributed by atoms with E-state index in [1.807, 2.05) is 0 Å². The summed E-state index contributed by atoms with van der Waals surface area (Å²) in [6.07, 6.45) is 9.11. The number of amides is 2. The molecular weight excluding hydrogens is 869 g/mol. The summed E-state index contributed by atoms with van der Waals surface area (Å²) in [7, 11) is -10.9. The Hall–Kier alpha value is -6.21. The van der Waals surface area contributed by atoms with Crippen molar-refractivity contribution in [3.63, 3.8) is 0 Å². The molecule has 2 heterocycles. The first-order chi connectivity index (χ1) is 28.1. The lowest BCUT2D eigenvalue weighted by Crippen LogP contribution is -2.17. The van der Waals surface area contributed by atoms with E-state index in [1.54, 1.807) is 73.1 Å². The normalized spacial score (nSPS) is 11.1. The summed E-state index contributed by atoms with van der Waals surface area (Å²) < 4.78 is 123. The highest BCUT2D eigenvalue weighted by atomic mass is 32.3. The summed E-state index contributed by atoms with van der Waals surface area (Å²) in [5.74, 6) is 1.38. The second-order valence-electron chi connectivity index (χ2n) is 10.4. The molecule has 60 heavy (non-hydrogen) atoms. The van der Waals surface area contributed by atoms with Gasteiger partial charge in [-0.3, -0.25) is 46.9 Å². The van der Waals surface area contributed by atoms with Gasteiger partial charge in [-0.25, -0.2) is 10.9 Å². The molecule has 0 radical (unpaired) electrons. The van der Waals surface area contributed by atoms with Crippen molar-refractivity contribution < 1.29 is 85.8 Å². The number of pyridine rings is 2. The van der Waals surface area contributed by atoms with Gasteiger partial charge in [-0.2, -0.15) is 35.5 Å². The highest BCUT2D eigenvalue weighted by molar-refractivity contribution is 7.80. The minimum absolute atomic E-state index is 0.291. The molecule has 328 valence electrons. The molecule has 0 aliphatic rings. The van der Waals surface area contributed by atoms with Crippen LogP contribution in [0, 0.1) is 0 Å². The number of ether oxygens (including phenoxy) is 5. The van der Waals surface area contributed by atoms with Crippen LogP contribution in [0.4, 0.5) is 0 Å². The molecule has 0 unspecified atom stereocenters. The molecule has 0 bridgehead atoms. The molecular formula is C32H38N6O19S3. The number of carbonyl (C=O) groups excluding carboxylic acids is 2. The molecule has 8 N–H and O–H groups in total. The summed E-state index contributed by atoms with van der Waals surface area (Å²) in [4.78, 5) is 32.0. The number of methoxy groups -OCH3 is 2. The van der Waals surface area contributed by atoms with Gasteiger partial charge in [0.05, 0.1) is 51.0 Å². The van der Waals surface area contributed by atoms with Crippen LogP contribution in [-0.4, -0.2) is 127 Å². The zero-order chi connectivity index (χ0) is 45.2. The molecule has 4 aromatic rings. The number of hydrogen-bond acceptors (Lipinski definition) is 17. The molecule has 28 heteroatoms. The second-order valence-corrected chi connectivity index (χ2v) is 13.0. The Kier molecular flexibility index (Phi) is 23.1. The predicted molar refractivity (Wildman–Crippen MR) is 209 cm³/mol. The molecule has 0 aliphatic carbocycles. The predicted octanol–water partition coefficient (Wildman–Crippen LogP) is 1.54. The van der Waals surface area contributed by atoms with E-state index in [4.69, 9.17) is 76.3 Å². The van der Waals surface area contributed by atoms with Crippen molar-refractivity contribution in [2.75, 3.05) is 40.6 Å². The molecule has 0 spiro atoms. The maximum absolute atomic E-state index is 12.1. The Labute approximate surface area is 342 Å². The third-order valence-corrected chi connectivity index (χ3v) is 5.95. The van der Waals surface area contributed by atoms with Crippen molar-refractivity contribution in [3.8, 4) is 23.0 Å². The van der Waals surface area contributed by atoms with Gasteiger partial charge in [0.2, 0.25) is 0 Å². The number of hydrazone groups is 2. The highest BCUT2D eigenvalue weighted by Crippen LogP contribution is 2.28. The van der Waals surface area contributed by atoms with Crippen LogP contribution >= 0.6 is 0 Å². The zero-order valence-electron chi connectivity index (χ0n) is 31.1. The number of benzene rings is 2. The lowest BCUT2D eigenvalue weighted by molar-refractivity contribution is 0.0750. The van der Waals surface area contributed by atoms with Crippen LogP contribution < -0.4 is 29.8 Å². The molecule has 2 aromatic heterocycles. The lowest BCUT2D eigenvalue weighted by atomic mass is 10.2. The number of nitrogens with one attached hydrogen (secondary N) is 2. The number of aromatic nitrogens is 2. The standard InChI is InChI=1S/C32H32N6O7.3H2O4S/c1-41-29-17-23(19-35-37-31(39)25-5-3-11-33-21-25)7-9-27(29)44-15-13-43-14-16-45-28-10-8-24(18-30(28)42-2)20-36-38-32(40)26-6-4-12-34-22-26;3*1-5(2,3)4/h3-12,17-22H,13-16H2,1-2H3,(H,37,39)(H,38,40);3*(H2,1,2,3,4). The summed E-state index contributed by atoms with van der Waals surface area (Å²) in [5.41, 5.74) is 7.16. The van der Waals surface area contributed by atoms with Gasteiger partial charge in [-0.1, -0.05) is 0 Å². The van der Waals surface area contributed by atoms with Crippen molar-refractivity contribution >= 4 is 55.4 Å². The van der Waals surface area contributed by atoms with Crippen molar-refractivity contribution in [3.05, 3.63) is 108 Å². The first kappa shape index (κ1) is 51.8. The van der Waals surface area contributed by atoms with Gasteiger partial charge < -0.3 is 23.7 Å². The van der Waals surface area contributed by atoms with Gasteiger partial charge in [0, 0.05) is 24.8 Å². The monoisotopic (exact) mass is 906 g/mol. The van der Waals surface area contributed by atoms with Crippen molar-refractivity contribution in [2.24, 2.45) is 10.2 Å². The second kappa shape index (κ2) is 26.7. The van der Waals surface area contributed by atoms with E-state index < -0.39 is 31.2 Å². The van der Waals surface area contributed by atoms with Gasteiger partial charge >= 0.3 is 31.2 Å². The minimum atomic E-state index is -4.67. The Morgan fingerprint density at radius 3 is 1.23 bits per heavy atom. The van der Waals surface area contributed by atoms with Gasteiger partial charge in [-0.05, 0) is 71.8 Å². The molecule has 0 saturated carbocycles. The highest BCUT2D eigenvalue weighted by Gasteiger charge is 2.08. The van der Waals surface area contributed by atoms with Crippen LogP contribution in [0.2, 0.25) is 0 Å². The maximum Gasteiger partial charge on any atom is 0.394 e. The Morgan fingerprint density at radius 1 is 0.583 bits per heavy atom. The van der Waals surface area contributed by atoms with Crippen LogP contribution in [0.5, 0.6) is 23.0 Å². The van der Waals surface area contributed by atoms with Crippen LogP contribution in [-0.2, 0) is 35.9 Å². The van der Waals surface area contributed by atoms with Crippen LogP contribution in [0.1, 0.15) is 31.8 Å². The number of rotatable bonds is 16. The van der Waals surface area contributed by atoms with E-state index in [1.165, 1.54) is 39.0 Å². The van der Waals surface area contributed by atoms with E-state index in [0.717, 1.165) is 0 Å². The fraction of sp³-hybridized carbons (Fsp3) is 0.188. The fourth-order valence-electron chi connectivity index (χ4n) is 3.74. The fourth-order valence-corrected chi connectivity index (χ4v) is 3.74. The van der Waals surface area contributed by atoms with E-state index >= 15 is 0 Å². The number of nitrogens with zero attached hydrogens (tertiary/aromatic N) is 4. The topological polar surface area (TPSA) is 379 Å². The third kappa shape index (κ3) is 27.4. The number of carbonyl (C=O) groups is 2. The maximum atomic E-state index is 12.1. The van der Waals surface area contributed by atoms with E-state index in [0.29, 0.717) is 71.7 Å². The van der Waals surface area contributed by atoms with Gasteiger partial charge in [0.1, 0.15) is 13.2 Å². The Morgan fingerprint density at radius 2 is 0.933 bits per heavy atom. The average Bonchev–Trinajstić information content (AvgIpc) is 3.16. The lowest BCUT2D eigenvalue weighted by Gasteiger charge is -2.13. The molecule has 2 aromatic carbocycles. The summed E-state index contributed by atoms with van der Waals surface area (Å²) in [6, 6.07) is 17.2. The SMILES string of the molecule is COc1cc(C=NNC(=O)c2cccnc2)ccc1OCCOCCOc1ccc(C=NNC(=O)c2cccnc2)cc1OC.O=S(=O)(O)O.O=S(=O)(O)O.O=S(=O)(O)O. The molecule has 2 amide bonds. The molecule has 25 nitrogen and oxygen atoms in total. The van der Waals surface area contributed by atoms with E-state index in [9.17, 15) is 9.59 Å². The third-order valence-electron chi connectivity index (χ3n) is 5.95. The summed E-state index contributed by atoms with van der Waals surface area (Å²) in [5, 5.41) is 7.96. The molecule has 0 aliphatic heterocycles. The Bertz CT molecular complexity index is 2120. The van der Waals surface area contributed by atoms with Crippen LogP contribution in [0.15, 0.2) is 95.7 Å². The quantitative estimate of drug-likeness (QED) is 0.0342. The van der Waals surface area contributed by atoms with E-state index in [2.05, 4.69) is 31.0 Å². The van der Waals surface area contributed by atoms with Gasteiger partial charge in [-0.15, -0.1) is 0 Å². The smallest absolute Gasteiger partial charge is 0.394 e. The first-order valence-electron chi connectivity index (χ1n) is 15.8. The largest absolute Gasteiger partial charge is 0.493 e. The number of hydrogen-bond donors (Lipinski definition) is 8. The van der Waals surface area contributed by atoms with Crippen LogP contribution in [0.25, 0.3) is 0 Å². The molecule has 4 rings (SSSR count). The molecule has 0 saturated heterocycles. The average molecular weight is 907 g/mol. The first-order valence-corrected chi connectivity index (χ1v) is 20.0. The summed E-state index contributed by atoms with van der Waals surface area (Å²) >= 11 is 0. The van der Waals surface area contributed by atoms with Crippen molar-refractivity contribution in [1.29, 1.82) is 0 Å².